The minimum absolute atomic E-state index is 0.0674. The third kappa shape index (κ3) is 9.97. The van der Waals surface area contributed by atoms with Gasteiger partial charge in [-0.15, -0.1) is 0 Å². The second-order valence-corrected chi connectivity index (χ2v) is 19.0. The Hall–Kier alpha value is -5.32. The van der Waals surface area contributed by atoms with Crippen molar-refractivity contribution in [3.05, 3.63) is 71.8 Å². The van der Waals surface area contributed by atoms with Gasteiger partial charge in [0, 0.05) is 12.7 Å². The van der Waals surface area contributed by atoms with Crippen LogP contribution >= 0.6 is 0 Å². The third-order valence-corrected chi connectivity index (χ3v) is 13.1. The summed E-state index contributed by atoms with van der Waals surface area (Å²) in [6, 6.07) is 13.0. The Balaban J connectivity index is 1.73. The lowest BCUT2D eigenvalue weighted by Gasteiger charge is -2.19. The molecule has 0 aliphatic heterocycles. The first-order chi connectivity index (χ1) is 24.4. The van der Waals surface area contributed by atoms with Gasteiger partial charge in [0.15, 0.2) is 9.84 Å². The zero-order valence-corrected chi connectivity index (χ0v) is 30.6. The Morgan fingerprint density at radius 3 is 1.83 bits per heavy atom. The van der Waals surface area contributed by atoms with Crippen LogP contribution in [0, 0.1) is 22.7 Å². The van der Waals surface area contributed by atoms with E-state index >= 15 is 0 Å². The van der Waals surface area contributed by atoms with Crippen LogP contribution in [0.3, 0.4) is 0 Å². The van der Waals surface area contributed by atoms with Crippen molar-refractivity contribution in [3.63, 3.8) is 0 Å². The molecule has 21 nitrogen and oxygen atoms in total. The van der Waals surface area contributed by atoms with E-state index in [0.29, 0.717) is 22.5 Å². The number of nitriles is 2. The van der Waals surface area contributed by atoms with E-state index < -0.39 is 106 Å². The van der Waals surface area contributed by atoms with Crippen molar-refractivity contribution in [3.8, 4) is 12.1 Å². The van der Waals surface area contributed by atoms with Crippen LogP contribution in [0.25, 0.3) is 0 Å². The predicted molar refractivity (Wildman–Crippen MR) is 183 cm³/mol. The Morgan fingerprint density at radius 2 is 1.25 bits per heavy atom. The van der Waals surface area contributed by atoms with Crippen LogP contribution in [0.5, 0.6) is 0 Å². The monoisotopic (exact) mass is 828 g/mol. The smallest absolute Gasteiger partial charge is 0.296 e. The van der Waals surface area contributed by atoms with Crippen molar-refractivity contribution in [2.75, 3.05) is 33.5 Å². The van der Waals surface area contributed by atoms with Crippen LogP contribution in [0.1, 0.15) is 17.5 Å². The van der Waals surface area contributed by atoms with Gasteiger partial charge in [-0.05, 0) is 61.0 Å². The molecule has 4 aromatic rings. The topological polar surface area (TPSA) is 345 Å². The molecule has 280 valence electrons. The van der Waals surface area contributed by atoms with Crippen LogP contribution in [0.4, 0.5) is 29.2 Å². The number of rotatable bonds is 14. The van der Waals surface area contributed by atoms with E-state index in [1.54, 1.807) is 12.1 Å². The minimum atomic E-state index is -5.08. The number of benzene rings is 3. The summed E-state index contributed by atoms with van der Waals surface area (Å²) in [6.07, 6.45) is -0.499. The van der Waals surface area contributed by atoms with Crippen molar-refractivity contribution in [1.29, 1.82) is 10.5 Å². The van der Waals surface area contributed by atoms with E-state index in [0.717, 1.165) is 37.4 Å². The fourth-order valence-corrected chi connectivity index (χ4v) is 8.60. The Morgan fingerprint density at radius 1 is 0.660 bits per heavy atom. The Labute approximate surface area is 302 Å². The average molecular weight is 829 g/mol. The van der Waals surface area contributed by atoms with Gasteiger partial charge in [0.2, 0.25) is 27.9 Å². The standard InChI is InChI=1S/C27H24N8O13S5/c1-35(50(38,39)11-3-10-49(36,37)20-7-6-17(15-28)18(12-20)16-29)27-33-25(30-19-4-2-5-21(13-19)51(40,41)42)32-26(34-27)31-23-14-22(52(43,44)45)8-9-24(23)53(46,47)48/h2,4-9,12-14H,3,10-11H2,1H3,(H,40,41,42)(H,43,44,45)(H,46,47,48)(H2,30,31,32,33,34). The molecule has 0 fully saturated rings. The van der Waals surface area contributed by atoms with E-state index in [4.69, 9.17) is 5.26 Å². The summed E-state index contributed by atoms with van der Waals surface area (Å²) in [7, 11) is -22.4. The SMILES string of the molecule is CN(c1nc(Nc2cccc(S(=O)(=O)O)c2)nc(Nc2cc(S(=O)(=O)O)ccc2S(=O)(=O)O)n1)S(=O)(=O)CCCS(=O)(=O)c1ccc(C#N)c(C#N)c1. The highest BCUT2D eigenvalue weighted by Crippen LogP contribution is 2.29. The van der Waals surface area contributed by atoms with Crippen molar-refractivity contribution < 1.29 is 55.7 Å². The molecule has 1 heterocycles. The highest BCUT2D eigenvalue weighted by Gasteiger charge is 2.26. The fraction of sp³-hybridized carbons (Fsp3) is 0.148. The van der Waals surface area contributed by atoms with E-state index in [1.165, 1.54) is 12.1 Å². The van der Waals surface area contributed by atoms with Crippen LogP contribution in [0.15, 0.2) is 80.2 Å². The molecular weight excluding hydrogens is 805 g/mol. The largest absolute Gasteiger partial charge is 0.324 e. The van der Waals surface area contributed by atoms with Crippen LogP contribution in [-0.4, -0.2) is 89.3 Å². The van der Waals surface area contributed by atoms with E-state index in [-0.39, 0.29) is 21.7 Å². The van der Waals surface area contributed by atoms with Crippen molar-refractivity contribution in [2.45, 2.75) is 26.0 Å². The lowest BCUT2D eigenvalue weighted by molar-refractivity contribution is 0.479. The molecule has 0 spiro atoms. The quantitative estimate of drug-likeness (QED) is 0.112. The molecule has 0 aliphatic carbocycles. The molecule has 26 heteroatoms. The van der Waals surface area contributed by atoms with Gasteiger partial charge in [0.25, 0.3) is 30.4 Å². The maximum Gasteiger partial charge on any atom is 0.296 e. The maximum atomic E-state index is 13.4. The molecule has 0 atom stereocenters. The molecular formula is C27H24N8O13S5. The normalized spacial score (nSPS) is 12.3. The maximum absolute atomic E-state index is 13.4. The van der Waals surface area contributed by atoms with Crippen LogP contribution < -0.4 is 14.9 Å². The highest BCUT2D eigenvalue weighted by molar-refractivity contribution is 7.93. The number of aromatic nitrogens is 3. The minimum Gasteiger partial charge on any atom is -0.324 e. The van der Waals surface area contributed by atoms with Gasteiger partial charge in [0.05, 0.1) is 43.0 Å². The first-order valence-electron chi connectivity index (χ1n) is 14.0. The summed E-state index contributed by atoms with van der Waals surface area (Å²) in [5, 5.41) is 23.2. The lowest BCUT2D eigenvalue weighted by Crippen LogP contribution is -2.31. The third-order valence-electron chi connectivity index (χ3n) is 6.89. The summed E-state index contributed by atoms with van der Waals surface area (Å²) in [4.78, 5) is 9.17. The number of anilines is 5. The van der Waals surface area contributed by atoms with Crippen LogP contribution in [-0.2, 0) is 50.2 Å². The zero-order chi connectivity index (χ0) is 39.6. The number of nitrogens with one attached hydrogen (secondary N) is 2. The van der Waals surface area contributed by atoms with Gasteiger partial charge >= 0.3 is 0 Å². The molecule has 5 N–H and O–H groups in total. The molecule has 1 aromatic heterocycles. The van der Waals surface area contributed by atoms with E-state index in [9.17, 15) is 61.0 Å². The molecule has 0 aliphatic rings. The first kappa shape index (κ1) is 40.5. The van der Waals surface area contributed by atoms with Crippen molar-refractivity contribution >= 4 is 79.4 Å². The van der Waals surface area contributed by atoms with Gasteiger partial charge in [-0.2, -0.15) is 50.7 Å². The summed E-state index contributed by atoms with van der Waals surface area (Å²) in [5.41, 5.74) is -1.09. The van der Waals surface area contributed by atoms with Gasteiger partial charge in [0.1, 0.15) is 17.0 Å². The second-order valence-electron chi connectivity index (χ2n) is 10.5. The average Bonchev–Trinajstić information content (AvgIpc) is 3.06. The van der Waals surface area contributed by atoms with Gasteiger partial charge in [-0.3, -0.25) is 13.7 Å². The van der Waals surface area contributed by atoms with Gasteiger partial charge in [-0.25, -0.2) is 21.1 Å². The summed E-state index contributed by atoms with van der Waals surface area (Å²) in [5.74, 6) is -3.53. The van der Waals surface area contributed by atoms with Crippen molar-refractivity contribution in [1.82, 2.24) is 15.0 Å². The number of sulfone groups is 1. The summed E-state index contributed by atoms with van der Waals surface area (Å²) < 4.78 is 153. The number of nitrogens with zero attached hydrogens (tertiary/aromatic N) is 6. The molecule has 53 heavy (non-hydrogen) atoms. The molecule has 0 radical (unpaired) electrons. The van der Waals surface area contributed by atoms with Gasteiger partial charge < -0.3 is 10.6 Å². The van der Waals surface area contributed by atoms with E-state index in [1.807, 2.05) is 0 Å². The molecule has 0 bridgehead atoms. The highest BCUT2D eigenvalue weighted by atomic mass is 32.2. The number of hydrogen-bond donors (Lipinski definition) is 5. The fourth-order valence-electron chi connectivity index (χ4n) is 4.31. The molecule has 0 saturated carbocycles. The molecule has 0 saturated heterocycles. The zero-order valence-electron chi connectivity index (χ0n) is 26.5. The number of hydrogen-bond acceptors (Lipinski definition) is 17. The van der Waals surface area contributed by atoms with Crippen molar-refractivity contribution in [2.24, 2.45) is 0 Å². The predicted octanol–water partition coefficient (Wildman–Crippen LogP) is 1.47. The molecule has 0 amide bonds. The Bertz CT molecular complexity index is 2770. The Kier molecular flexibility index (Phi) is 11.4. The first-order valence-corrected chi connectivity index (χ1v) is 21.6. The molecule has 4 rings (SSSR count). The summed E-state index contributed by atoms with van der Waals surface area (Å²) >= 11 is 0. The number of sulfonamides is 1. The molecule has 0 unspecified atom stereocenters. The second kappa shape index (κ2) is 15.0. The lowest BCUT2D eigenvalue weighted by atomic mass is 10.1. The summed E-state index contributed by atoms with van der Waals surface area (Å²) in [6.45, 7) is 0. The van der Waals surface area contributed by atoms with Crippen LogP contribution in [0.2, 0.25) is 0 Å². The van der Waals surface area contributed by atoms with E-state index in [2.05, 4.69) is 25.6 Å². The van der Waals surface area contributed by atoms with Gasteiger partial charge in [-0.1, -0.05) is 6.07 Å². The molecule has 3 aromatic carbocycles.